The number of amides is 1. The van der Waals surface area contributed by atoms with E-state index in [0.29, 0.717) is 0 Å². The number of esters is 1. The summed E-state index contributed by atoms with van der Waals surface area (Å²) >= 11 is 0. The summed E-state index contributed by atoms with van der Waals surface area (Å²) in [5.74, 6) is -2.16. The van der Waals surface area contributed by atoms with Crippen LogP contribution in [0.15, 0.2) is 47.4 Å². The first kappa shape index (κ1) is 20.3. The zero-order valence-electron chi connectivity index (χ0n) is 14.6. The smallest absolute Gasteiger partial charge is 0.340 e. The van der Waals surface area contributed by atoms with Crippen LogP contribution in [0, 0.1) is 5.82 Å². The number of nitrogen functional groups attached to an aromatic ring is 1. The Hall–Kier alpha value is -2.98. The number of ether oxygens (including phenoxy) is 1. The number of rotatable bonds is 6. The van der Waals surface area contributed by atoms with Crippen molar-refractivity contribution in [3.8, 4) is 0 Å². The van der Waals surface area contributed by atoms with Gasteiger partial charge in [-0.15, -0.1) is 0 Å². The Morgan fingerprint density at radius 1 is 1.19 bits per heavy atom. The molecule has 0 heterocycles. The van der Waals surface area contributed by atoms with Crippen LogP contribution in [0.2, 0.25) is 0 Å². The van der Waals surface area contributed by atoms with Gasteiger partial charge in [0.05, 0.1) is 10.5 Å². The third-order valence-corrected chi connectivity index (χ3v) is 5.28. The molecule has 10 heteroatoms. The fraction of sp³-hybridized carbons (Fsp3) is 0.176. The fourth-order valence-corrected chi connectivity index (χ4v) is 3.02. The molecule has 27 heavy (non-hydrogen) atoms. The Kier molecular flexibility index (Phi) is 6.13. The molecule has 3 N–H and O–H groups in total. The van der Waals surface area contributed by atoms with Crippen molar-refractivity contribution in [3.05, 3.63) is 53.8 Å². The average Bonchev–Trinajstić information content (AvgIpc) is 2.59. The lowest BCUT2D eigenvalue weighted by Gasteiger charge is -2.13. The molecule has 8 nitrogen and oxygen atoms in total. The number of anilines is 2. The molecule has 144 valence electrons. The van der Waals surface area contributed by atoms with Crippen molar-refractivity contribution in [1.82, 2.24) is 4.31 Å². The Morgan fingerprint density at radius 3 is 2.52 bits per heavy atom. The average molecular weight is 395 g/mol. The molecule has 0 aliphatic heterocycles. The summed E-state index contributed by atoms with van der Waals surface area (Å²) < 4.78 is 43.1. The number of benzene rings is 2. The number of sulfonamides is 1. The lowest BCUT2D eigenvalue weighted by Crippen LogP contribution is -2.23. The minimum Gasteiger partial charge on any atom is -0.452 e. The molecular weight excluding hydrogens is 377 g/mol. The first-order chi connectivity index (χ1) is 12.6. The predicted octanol–water partition coefficient (Wildman–Crippen LogP) is 1.45. The first-order valence-corrected chi connectivity index (χ1v) is 9.10. The Labute approximate surface area is 155 Å². The molecule has 0 aliphatic rings. The van der Waals surface area contributed by atoms with Gasteiger partial charge in [0, 0.05) is 25.5 Å². The molecule has 0 aliphatic carbocycles. The standard InChI is InChI=1S/C17H18FN3O5S/c1-21(2)27(24,25)13-5-3-4-12(9-13)20-16(22)10-26-17(23)14-7-6-11(18)8-15(14)19/h3-9H,10,19H2,1-2H3,(H,20,22). The third-order valence-electron chi connectivity index (χ3n) is 3.46. The minimum atomic E-state index is -3.65. The molecule has 0 radical (unpaired) electrons. The molecule has 0 saturated heterocycles. The summed E-state index contributed by atoms with van der Waals surface area (Å²) in [6.07, 6.45) is 0. The third kappa shape index (κ3) is 5.02. The van der Waals surface area contributed by atoms with E-state index in [0.717, 1.165) is 22.5 Å². The van der Waals surface area contributed by atoms with Crippen LogP contribution in [0.1, 0.15) is 10.4 Å². The zero-order valence-corrected chi connectivity index (χ0v) is 15.4. The van der Waals surface area contributed by atoms with Crippen molar-refractivity contribution in [2.24, 2.45) is 0 Å². The number of carbonyl (C=O) groups is 2. The SMILES string of the molecule is CN(C)S(=O)(=O)c1cccc(NC(=O)COC(=O)c2ccc(F)cc2N)c1. The van der Waals surface area contributed by atoms with Crippen molar-refractivity contribution >= 4 is 33.3 Å². The molecule has 0 saturated carbocycles. The van der Waals surface area contributed by atoms with Crippen molar-refractivity contribution in [2.75, 3.05) is 31.8 Å². The van der Waals surface area contributed by atoms with Gasteiger partial charge in [-0.05, 0) is 36.4 Å². The summed E-state index contributed by atoms with van der Waals surface area (Å²) in [5.41, 5.74) is 5.58. The van der Waals surface area contributed by atoms with Crippen LogP contribution in [0.4, 0.5) is 15.8 Å². The number of hydrogen-bond acceptors (Lipinski definition) is 6. The summed E-state index contributed by atoms with van der Waals surface area (Å²) in [4.78, 5) is 23.8. The highest BCUT2D eigenvalue weighted by molar-refractivity contribution is 7.89. The summed E-state index contributed by atoms with van der Waals surface area (Å²) in [5, 5.41) is 2.43. The monoisotopic (exact) mass is 395 g/mol. The van der Waals surface area contributed by atoms with Crippen molar-refractivity contribution in [2.45, 2.75) is 4.90 Å². The lowest BCUT2D eigenvalue weighted by atomic mass is 10.2. The van der Waals surface area contributed by atoms with Crippen LogP contribution in [-0.2, 0) is 19.6 Å². The summed E-state index contributed by atoms with van der Waals surface area (Å²) in [6.45, 7) is -0.625. The number of halogens is 1. The Balaban J connectivity index is 2.01. The first-order valence-electron chi connectivity index (χ1n) is 7.66. The number of nitrogens with one attached hydrogen (secondary N) is 1. The molecule has 2 aromatic carbocycles. The van der Waals surface area contributed by atoms with E-state index in [9.17, 15) is 22.4 Å². The largest absolute Gasteiger partial charge is 0.452 e. The molecular formula is C17H18FN3O5S. The van der Waals surface area contributed by atoms with Crippen LogP contribution in [0.25, 0.3) is 0 Å². The topological polar surface area (TPSA) is 119 Å². The van der Waals surface area contributed by atoms with E-state index in [4.69, 9.17) is 10.5 Å². The maximum Gasteiger partial charge on any atom is 0.340 e. The van der Waals surface area contributed by atoms with Crippen molar-refractivity contribution in [3.63, 3.8) is 0 Å². The quantitative estimate of drug-likeness (QED) is 0.565. The minimum absolute atomic E-state index is 0.00128. The molecule has 2 rings (SSSR count). The fourth-order valence-electron chi connectivity index (χ4n) is 2.07. The molecule has 1 amide bonds. The van der Waals surface area contributed by atoms with Gasteiger partial charge in [-0.1, -0.05) is 6.07 Å². The molecule has 0 spiro atoms. The van der Waals surface area contributed by atoms with Crippen molar-refractivity contribution < 1.29 is 27.1 Å². The summed E-state index contributed by atoms with van der Waals surface area (Å²) in [7, 11) is -0.873. The van der Waals surface area contributed by atoms with Gasteiger partial charge in [0.2, 0.25) is 10.0 Å². The molecule has 0 unspecified atom stereocenters. The van der Waals surface area contributed by atoms with E-state index in [-0.39, 0.29) is 21.8 Å². The molecule has 0 aromatic heterocycles. The second kappa shape index (κ2) is 8.14. The van der Waals surface area contributed by atoms with Gasteiger partial charge in [0.15, 0.2) is 6.61 Å². The van der Waals surface area contributed by atoms with Crippen molar-refractivity contribution in [1.29, 1.82) is 0 Å². The summed E-state index contributed by atoms with van der Waals surface area (Å²) in [6, 6.07) is 8.80. The van der Waals surface area contributed by atoms with E-state index in [1.807, 2.05) is 0 Å². The highest BCUT2D eigenvalue weighted by Crippen LogP contribution is 2.18. The van der Waals surface area contributed by atoms with E-state index in [2.05, 4.69) is 5.32 Å². The van der Waals surface area contributed by atoms with Gasteiger partial charge in [0.1, 0.15) is 5.82 Å². The van der Waals surface area contributed by atoms with E-state index in [1.54, 1.807) is 0 Å². The predicted molar refractivity (Wildman–Crippen MR) is 97.0 cm³/mol. The van der Waals surface area contributed by atoms with Gasteiger partial charge in [-0.2, -0.15) is 0 Å². The maximum absolute atomic E-state index is 13.0. The number of hydrogen-bond donors (Lipinski definition) is 2. The van der Waals surface area contributed by atoms with Gasteiger partial charge in [0.25, 0.3) is 5.91 Å². The van der Waals surface area contributed by atoms with Gasteiger partial charge in [-0.25, -0.2) is 21.9 Å². The second-order valence-electron chi connectivity index (χ2n) is 5.67. The Morgan fingerprint density at radius 2 is 1.89 bits per heavy atom. The van der Waals surface area contributed by atoms with Crippen LogP contribution >= 0.6 is 0 Å². The van der Waals surface area contributed by atoms with E-state index >= 15 is 0 Å². The Bertz CT molecular complexity index is 976. The van der Waals surface area contributed by atoms with Crippen LogP contribution in [0.5, 0.6) is 0 Å². The molecule has 0 atom stereocenters. The molecule has 2 aromatic rings. The molecule has 0 bridgehead atoms. The maximum atomic E-state index is 13.0. The van der Waals surface area contributed by atoms with Gasteiger partial charge >= 0.3 is 5.97 Å². The number of nitrogens with two attached hydrogens (primary N) is 1. The molecule has 0 fully saturated rings. The van der Waals surface area contributed by atoms with E-state index in [1.165, 1.54) is 38.4 Å². The van der Waals surface area contributed by atoms with Crippen LogP contribution < -0.4 is 11.1 Å². The highest BCUT2D eigenvalue weighted by Gasteiger charge is 2.18. The zero-order chi connectivity index (χ0) is 20.2. The second-order valence-corrected chi connectivity index (χ2v) is 7.82. The lowest BCUT2D eigenvalue weighted by molar-refractivity contribution is -0.119. The van der Waals surface area contributed by atoms with Gasteiger partial charge < -0.3 is 15.8 Å². The van der Waals surface area contributed by atoms with E-state index < -0.39 is 34.3 Å². The normalized spacial score (nSPS) is 11.3. The van der Waals surface area contributed by atoms with Crippen LogP contribution in [-0.4, -0.2) is 45.3 Å². The van der Waals surface area contributed by atoms with Crippen LogP contribution in [0.3, 0.4) is 0 Å². The van der Waals surface area contributed by atoms with Gasteiger partial charge in [-0.3, -0.25) is 4.79 Å². The highest BCUT2D eigenvalue weighted by atomic mass is 32.2. The number of carbonyl (C=O) groups excluding carboxylic acids is 2. The number of nitrogens with zero attached hydrogens (tertiary/aromatic N) is 1.